The highest BCUT2D eigenvalue weighted by molar-refractivity contribution is 6.12. The summed E-state index contributed by atoms with van der Waals surface area (Å²) in [4.78, 5) is 28.6. The molecule has 8 heteroatoms. The maximum atomic E-state index is 12.9. The van der Waals surface area contributed by atoms with Gasteiger partial charge in [-0.15, -0.1) is 0 Å². The number of nitrogens with zero attached hydrogens (tertiary/aromatic N) is 2. The Morgan fingerprint density at radius 2 is 2.04 bits per heavy atom. The number of carbonyl (C=O) groups is 2. The summed E-state index contributed by atoms with van der Waals surface area (Å²) in [6, 6.07) is 6.16. The van der Waals surface area contributed by atoms with E-state index in [4.69, 9.17) is 14.4 Å². The average molecular weight is 367 g/mol. The Morgan fingerprint density at radius 3 is 2.70 bits per heavy atom. The number of benzene rings is 1. The summed E-state index contributed by atoms with van der Waals surface area (Å²) in [7, 11) is 1.38. The molecule has 1 amide bonds. The molecule has 0 radical (unpaired) electrons. The molecule has 2 aromatic heterocycles. The number of carboxylic acids is 1. The molecule has 3 aromatic rings. The first-order valence-corrected chi connectivity index (χ1v) is 8.47. The number of methoxy groups -OCH3 is 1. The topological polar surface area (TPSA) is 115 Å². The van der Waals surface area contributed by atoms with Crippen LogP contribution in [0, 0.1) is 6.92 Å². The molecule has 0 atom stereocenters. The monoisotopic (exact) mass is 367 g/mol. The maximum absolute atomic E-state index is 12.9. The minimum atomic E-state index is -1.10. The number of aromatic carboxylic acids is 1. The smallest absolute Gasteiger partial charge is 0.339 e. The van der Waals surface area contributed by atoms with Crippen LogP contribution in [0.25, 0.3) is 11.1 Å². The van der Waals surface area contributed by atoms with Crippen LogP contribution in [-0.2, 0) is 0 Å². The molecule has 0 aliphatic heterocycles. The molecule has 8 nitrogen and oxygen atoms in total. The third-order valence-corrected chi connectivity index (χ3v) is 4.57. The van der Waals surface area contributed by atoms with E-state index in [9.17, 15) is 9.59 Å². The summed E-state index contributed by atoms with van der Waals surface area (Å²) in [5.41, 5.74) is 2.63. The van der Waals surface area contributed by atoms with Gasteiger partial charge in [0.15, 0.2) is 0 Å². The van der Waals surface area contributed by atoms with Gasteiger partial charge in [0, 0.05) is 23.4 Å². The first-order valence-electron chi connectivity index (χ1n) is 8.47. The van der Waals surface area contributed by atoms with Crippen LogP contribution in [0.2, 0.25) is 0 Å². The number of amides is 1. The number of fused-ring (bicyclic) bond motifs is 1. The second kappa shape index (κ2) is 6.39. The van der Waals surface area contributed by atoms with Gasteiger partial charge in [-0.05, 0) is 38.0 Å². The number of nitrogens with one attached hydrogen (secondary N) is 1. The van der Waals surface area contributed by atoms with Crippen LogP contribution in [0.1, 0.15) is 50.9 Å². The van der Waals surface area contributed by atoms with Gasteiger partial charge in [-0.3, -0.25) is 4.79 Å². The van der Waals surface area contributed by atoms with E-state index < -0.39 is 5.97 Å². The average Bonchev–Trinajstić information content (AvgIpc) is 3.44. The Hall–Kier alpha value is -3.42. The SMILES string of the molecule is COc1cc(NC(=O)c2cc(C3CC3)nc3onc(C)c23)ccc1C(=O)O. The minimum absolute atomic E-state index is 0.0210. The van der Waals surface area contributed by atoms with Crippen LogP contribution in [0.15, 0.2) is 28.8 Å². The highest BCUT2D eigenvalue weighted by Crippen LogP contribution is 2.40. The fraction of sp³-hybridized carbons (Fsp3) is 0.263. The molecule has 4 rings (SSSR count). The molecule has 1 fully saturated rings. The van der Waals surface area contributed by atoms with Gasteiger partial charge in [0.05, 0.1) is 23.8 Å². The summed E-state index contributed by atoms with van der Waals surface area (Å²) < 4.78 is 10.4. The lowest BCUT2D eigenvalue weighted by molar-refractivity contribution is 0.0693. The number of aromatic nitrogens is 2. The van der Waals surface area contributed by atoms with Crippen LogP contribution in [0.3, 0.4) is 0 Å². The molecule has 0 saturated heterocycles. The predicted molar refractivity (Wildman–Crippen MR) is 96.4 cm³/mol. The van der Waals surface area contributed by atoms with Crippen LogP contribution >= 0.6 is 0 Å². The number of hydrogen-bond donors (Lipinski definition) is 2. The molecule has 2 heterocycles. The molecular formula is C19H17N3O5. The number of aryl methyl sites for hydroxylation is 1. The predicted octanol–water partition coefficient (Wildman–Crippen LogP) is 3.37. The third-order valence-electron chi connectivity index (χ3n) is 4.57. The number of anilines is 1. The fourth-order valence-corrected chi connectivity index (χ4v) is 3.03. The zero-order valence-electron chi connectivity index (χ0n) is 14.8. The largest absolute Gasteiger partial charge is 0.496 e. The second-order valence-electron chi connectivity index (χ2n) is 6.49. The van der Waals surface area contributed by atoms with Crippen molar-refractivity contribution in [2.45, 2.75) is 25.7 Å². The van der Waals surface area contributed by atoms with Crippen molar-refractivity contribution >= 4 is 28.7 Å². The number of ether oxygens (including phenoxy) is 1. The summed E-state index contributed by atoms with van der Waals surface area (Å²) in [5, 5.41) is 16.5. The van der Waals surface area contributed by atoms with Gasteiger partial charge in [-0.25, -0.2) is 9.78 Å². The number of carboxylic acid groups (broad SMARTS) is 1. The summed E-state index contributed by atoms with van der Waals surface area (Å²) in [5.74, 6) is -0.934. The fourth-order valence-electron chi connectivity index (χ4n) is 3.03. The van der Waals surface area contributed by atoms with Crippen molar-refractivity contribution in [3.63, 3.8) is 0 Å². The molecular weight excluding hydrogens is 350 g/mol. The molecule has 1 saturated carbocycles. The molecule has 1 aliphatic carbocycles. The van der Waals surface area contributed by atoms with Crippen molar-refractivity contribution in [3.05, 3.63) is 46.8 Å². The van der Waals surface area contributed by atoms with E-state index in [2.05, 4.69) is 15.5 Å². The standard InChI is InChI=1S/C19H17N3O5/c1-9-16-13(8-14(10-3-4-10)21-18(16)27-22-9)17(23)20-11-5-6-12(19(24)25)15(7-11)26-2/h5-8,10H,3-4H2,1-2H3,(H,20,23)(H,24,25). The molecule has 2 N–H and O–H groups in total. The van der Waals surface area contributed by atoms with Crippen molar-refractivity contribution in [1.82, 2.24) is 10.1 Å². The van der Waals surface area contributed by atoms with Crippen LogP contribution in [-0.4, -0.2) is 34.2 Å². The van der Waals surface area contributed by atoms with E-state index in [0.717, 1.165) is 18.5 Å². The van der Waals surface area contributed by atoms with Gasteiger partial charge < -0.3 is 19.7 Å². The number of carbonyl (C=O) groups excluding carboxylic acids is 1. The molecule has 0 bridgehead atoms. The lowest BCUT2D eigenvalue weighted by Gasteiger charge is -2.10. The van der Waals surface area contributed by atoms with E-state index in [0.29, 0.717) is 34.0 Å². The first-order chi connectivity index (χ1) is 13.0. The second-order valence-corrected chi connectivity index (χ2v) is 6.49. The number of rotatable bonds is 5. The Kier molecular flexibility index (Phi) is 4.02. The molecule has 0 spiro atoms. The molecule has 1 aromatic carbocycles. The van der Waals surface area contributed by atoms with Crippen LogP contribution < -0.4 is 10.1 Å². The maximum Gasteiger partial charge on any atom is 0.339 e. The van der Waals surface area contributed by atoms with Crippen molar-refractivity contribution in [1.29, 1.82) is 0 Å². The van der Waals surface area contributed by atoms with E-state index in [1.54, 1.807) is 13.0 Å². The highest BCUT2D eigenvalue weighted by Gasteiger charge is 2.28. The first kappa shape index (κ1) is 17.0. The number of pyridine rings is 1. The number of hydrogen-bond acceptors (Lipinski definition) is 6. The van der Waals surface area contributed by atoms with Crippen molar-refractivity contribution in [2.24, 2.45) is 0 Å². The molecule has 27 heavy (non-hydrogen) atoms. The van der Waals surface area contributed by atoms with Gasteiger partial charge in [0.25, 0.3) is 11.6 Å². The Balaban J connectivity index is 1.71. The lowest BCUT2D eigenvalue weighted by atomic mass is 10.1. The van der Waals surface area contributed by atoms with Gasteiger partial charge in [-0.2, -0.15) is 0 Å². The van der Waals surface area contributed by atoms with E-state index in [1.165, 1.54) is 25.3 Å². The zero-order valence-corrected chi connectivity index (χ0v) is 14.8. The van der Waals surface area contributed by atoms with E-state index in [-0.39, 0.29) is 17.2 Å². The quantitative estimate of drug-likeness (QED) is 0.710. The summed E-state index contributed by atoms with van der Waals surface area (Å²) in [6.07, 6.45) is 2.08. The van der Waals surface area contributed by atoms with Gasteiger partial charge in [0.2, 0.25) is 0 Å². The van der Waals surface area contributed by atoms with Crippen LogP contribution in [0.5, 0.6) is 5.75 Å². The Bertz CT molecular complexity index is 1070. The third kappa shape index (κ3) is 3.10. The minimum Gasteiger partial charge on any atom is -0.496 e. The Labute approximate surface area is 154 Å². The lowest BCUT2D eigenvalue weighted by Crippen LogP contribution is -2.14. The molecule has 1 aliphatic rings. The normalized spacial score (nSPS) is 13.6. The van der Waals surface area contributed by atoms with E-state index in [1.807, 2.05) is 0 Å². The van der Waals surface area contributed by atoms with E-state index >= 15 is 0 Å². The summed E-state index contributed by atoms with van der Waals surface area (Å²) >= 11 is 0. The van der Waals surface area contributed by atoms with Gasteiger partial charge >= 0.3 is 5.97 Å². The Morgan fingerprint density at radius 1 is 1.26 bits per heavy atom. The van der Waals surface area contributed by atoms with Crippen molar-refractivity contribution < 1.29 is 24.0 Å². The van der Waals surface area contributed by atoms with Crippen molar-refractivity contribution in [2.75, 3.05) is 12.4 Å². The van der Waals surface area contributed by atoms with Crippen LogP contribution in [0.4, 0.5) is 5.69 Å². The molecule has 138 valence electrons. The zero-order chi connectivity index (χ0) is 19.1. The summed E-state index contributed by atoms with van der Waals surface area (Å²) in [6.45, 7) is 1.76. The van der Waals surface area contributed by atoms with Gasteiger partial charge in [-0.1, -0.05) is 5.16 Å². The van der Waals surface area contributed by atoms with Gasteiger partial charge in [0.1, 0.15) is 11.3 Å². The highest BCUT2D eigenvalue weighted by atomic mass is 16.5. The van der Waals surface area contributed by atoms with Crippen molar-refractivity contribution in [3.8, 4) is 5.75 Å². The molecule has 0 unspecified atom stereocenters.